The summed E-state index contributed by atoms with van der Waals surface area (Å²) in [4.78, 5) is 25.2. The molecular weight excluding hydrogens is 480 g/mol. The monoisotopic (exact) mass is 506 g/mol. The number of hydrogen-bond acceptors (Lipinski definition) is 8. The smallest absolute Gasteiger partial charge is 0.256 e. The molecule has 12 heteroatoms. The number of carbonyl (C=O) groups excluding carboxylic acids is 1. The molecule has 1 aliphatic heterocycles. The van der Waals surface area contributed by atoms with Crippen LogP contribution in [0.15, 0.2) is 43.1 Å². The molecule has 5 heterocycles. The maximum atomic E-state index is 12.4. The molecule has 6 rings (SSSR count). The number of fused-ring (bicyclic) bond motifs is 1. The second-order valence-corrected chi connectivity index (χ2v) is 11.7. The summed E-state index contributed by atoms with van der Waals surface area (Å²) in [7, 11) is -3.45. The Morgan fingerprint density at radius 3 is 2.69 bits per heavy atom. The molecule has 0 aromatic carbocycles. The molecule has 11 nitrogen and oxygen atoms in total. The van der Waals surface area contributed by atoms with Gasteiger partial charge in [-0.25, -0.2) is 23.4 Å². The highest BCUT2D eigenvalue weighted by Gasteiger charge is 2.37. The average molecular weight is 507 g/mol. The zero-order valence-electron chi connectivity index (χ0n) is 19.9. The maximum Gasteiger partial charge on any atom is 0.256 e. The topological polar surface area (TPSA) is 137 Å². The summed E-state index contributed by atoms with van der Waals surface area (Å²) in [5.74, 6) is 1.72. The molecule has 36 heavy (non-hydrogen) atoms. The van der Waals surface area contributed by atoms with E-state index < -0.39 is 10.0 Å². The van der Waals surface area contributed by atoms with Crippen LogP contribution >= 0.6 is 0 Å². The lowest BCUT2D eigenvalue weighted by Crippen LogP contribution is -2.17. The second kappa shape index (κ2) is 8.40. The SMILES string of the molecule is CC(C)n1cc(C2CNC(=O)C2)c2cnc(Nc3ccnc(-c4cnn(S(=O)(=O)C5CC5)c4)n3)cc21. The Hall–Kier alpha value is -3.80. The summed E-state index contributed by atoms with van der Waals surface area (Å²) in [6.45, 7) is 4.88. The van der Waals surface area contributed by atoms with Gasteiger partial charge < -0.3 is 15.2 Å². The van der Waals surface area contributed by atoms with Gasteiger partial charge in [0.2, 0.25) is 5.91 Å². The van der Waals surface area contributed by atoms with Crippen molar-refractivity contribution in [3.05, 3.63) is 48.7 Å². The molecule has 1 saturated carbocycles. The third kappa shape index (κ3) is 4.00. The number of carbonyl (C=O) groups is 1. The average Bonchev–Trinajstić information content (AvgIpc) is 3.27. The molecule has 1 unspecified atom stereocenters. The number of anilines is 2. The minimum atomic E-state index is -3.45. The third-order valence-electron chi connectivity index (χ3n) is 6.66. The second-order valence-electron chi connectivity index (χ2n) is 9.61. The number of aromatic nitrogens is 6. The molecule has 186 valence electrons. The highest BCUT2D eigenvalue weighted by Crippen LogP contribution is 2.34. The standard InChI is InChI=1S/C24H26N8O3S/c1-14(2)31-13-19(15-7-23(33)27-9-15)18-11-26-22(8-20(18)31)29-21-5-6-25-24(30-21)16-10-28-32(12-16)36(34,35)17-3-4-17/h5-6,8,10-15,17H,3-4,7,9H2,1-2H3,(H,27,33)(H,25,26,29,30). The number of nitrogens with zero attached hydrogens (tertiary/aromatic N) is 6. The fourth-order valence-electron chi connectivity index (χ4n) is 4.59. The van der Waals surface area contributed by atoms with Crippen LogP contribution in [0.4, 0.5) is 11.6 Å². The molecule has 1 aliphatic carbocycles. The highest BCUT2D eigenvalue weighted by atomic mass is 32.2. The largest absolute Gasteiger partial charge is 0.355 e. The van der Waals surface area contributed by atoms with Crippen LogP contribution in [-0.4, -0.2) is 54.8 Å². The Labute approximate surface area is 208 Å². The van der Waals surface area contributed by atoms with E-state index in [1.165, 1.54) is 12.4 Å². The zero-order chi connectivity index (χ0) is 25.0. The van der Waals surface area contributed by atoms with Crippen LogP contribution in [0.1, 0.15) is 50.6 Å². The first-order valence-electron chi connectivity index (χ1n) is 12.0. The van der Waals surface area contributed by atoms with Crippen LogP contribution in [0, 0.1) is 0 Å². The Kier molecular flexibility index (Phi) is 5.29. The van der Waals surface area contributed by atoms with E-state index in [-0.39, 0.29) is 23.1 Å². The van der Waals surface area contributed by atoms with Gasteiger partial charge in [0.05, 0.1) is 28.7 Å². The van der Waals surface area contributed by atoms with Crippen molar-refractivity contribution in [1.29, 1.82) is 0 Å². The van der Waals surface area contributed by atoms with Gasteiger partial charge in [-0.2, -0.15) is 9.19 Å². The molecule has 1 atom stereocenters. The Bertz CT molecular complexity index is 1590. The van der Waals surface area contributed by atoms with Crippen molar-refractivity contribution in [3.8, 4) is 11.4 Å². The highest BCUT2D eigenvalue weighted by molar-refractivity contribution is 7.90. The summed E-state index contributed by atoms with van der Waals surface area (Å²) in [6.07, 6.45) is 10.3. The molecule has 2 aliphatic rings. The van der Waals surface area contributed by atoms with Crippen molar-refractivity contribution in [1.82, 2.24) is 34.0 Å². The van der Waals surface area contributed by atoms with Crippen molar-refractivity contribution in [2.75, 3.05) is 11.9 Å². The summed E-state index contributed by atoms with van der Waals surface area (Å²) in [5.41, 5.74) is 2.67. The van der Waals surface area contributed by atoms with Gasteiger partial charge in [-0.05, 0) is 38.3 Å². The molecule has 4 aromatic heterocycles. The minimum absolute atomic E-state index is 0.0759. The van der Waals surface area contributed by atoms with E-state index in [1.807, 2.05) is 12.3 Å². The third-order valence-corrected chi connectivity index (χ3v) is 8.69. The van der Waals surface area contributed by atoms with Crippen LogP contribution in [-0.2, 0) is 14.8 Å². The van der Waals surface area contributed by atoms with E-state index in [0.29, 0.717) is 48.8 Å². The van der Waals surface area contributed by atoms with Gasteiger partial charge in [-0.3, -0.25) is 4.79 Å². The predicted octanol–water partition coefficient (Wildman–Crippen LogP) is 2.96. The number of pyridine rings is 1. The molecular formula is C24H26N8O3S. The summed E-state index contributed by atoms with van der Waals surface area (Å²) in [6, 6.07) is 3.94. The van der Waals surface area contributed by atoms with E-state index in [4.69, 9.17) is 0 Å². The van der Waals surface area contributed by atoms with Gasteiger partial charge in [0.1, 0.15) is 11.6 Å². The first-order valence-corrected chi connectivity index (χ1v) is 13.5. The first kappa shape index (κ1) is 22.7. The quantitative estimate of drug-likeness (QED) is 0.390. The fraction of sp³-hybridized carbons (Fsp3) is 0.375. The minimum Gasteiger partial charge on any atom is -0.355 e. The van der Waals surface area contributed by atoms with E-state index in [1.54, 1.807) is 12.3 Å². The van der Waals surface area contributed by atoms with Gasteiger partial charge in [0.15, 0.2) is 5.82 Å². The van der Waals surface area contributed by atoms with Crippen LogP contribution in [0.3, 0.4) is 0 Å². The van der Waals surface area contributed by atoms with Gasteiger partial charge in [0, 0.05) is 55.0 Å². The van der Waals surface area contributed by atoms with Crippen LogP contribution in [0.5, 0.6) is 0 Å². The van der Waals surface area contributed by atoms with E-state index >= 15 is 0 Å². The molecule has 4 aromatic rings. The van der Waals surface area contributed by atoms with Gasteiger partial charge in [-0.1, -0.05) is 0 Å². The number of amides is 1. The van der Waals surface area contributed by atoms with Crippen molar-refractivity contribution in [2.24, 2.45) is 0 Å². The molecule has 0 spiro atoms. The number of nitrogens with one attached hydrogen (secondary N) is 2. The van der Waals surface area contributed by atoms with Crippen molar-refractivity contribution in [3.63, 3.8) is 0 Å². The Morgan fingerprint density at radius 1 is 1.14 bits per heavy atom. The number of hydrogen-bond donors (Lipinski definition) is 2. The van der Waals surface area contributed by atoms with Crippen molar-refractivity contribution < 1.29 is 13.2 Å². The van der Waals surface area contributed by atoms with E-state index in [2.05, 4.69) is 55.3 Å². The molecule has 2 fully saturated rings. The summed E-state index contributed by atoms with van der Waals surface area (Å²) in [5, 5.41) is 10.9. The molecule has 2 N–H and O–H groups in total. The molecule has 1 amide bonds. The molecule has 0 bridgehead atoms. The van der Waals surface area contributed by atoms with Gasteiger partial charge in [0.25, 0.3) is 10.0 Å². The van der Waals surface area contributed by atoms with Crippen LogP contribution in [0.25, 0.3) is 22.3 Å². The van der Waals surface area contributed by atoms with E-state index in [9.17, 15) is 13.2 Å². The van der Waals surface area contributed by atoms with Crippen molar-refractivity contribution in [2.45, 2.75) is 50.3 Å². The Morgan fingerprint density at radius 2 is 1.97 bits per heavy atom. The van der Waals surface area contributed by atoms with E-state index in [0.717, 1.165) is 20.6 Å². The van der Waals surface area contributed by atoms with Crippen LogP contribution < -0.4 is 10.6 Å². The lowest BCUT2D eigenvalue weighted by molar-refractivity contribution is -0.119. The lowest BCUT2D eigenvalue weighted by Gasteiger charge is -2.10. The normalized spacial score (nSPS) is 18.2. The van der Waals surface area contributed by atoms with Gasteiger partial charge >= 0.3 is 0 Å². The lowest BCUT2D eigenvalue weighted by atomic mass is 9.98. The molecule has 0 radical (unpaired) electrons. The maximum absolute atomic E-state index is 12.4. The Balaban J connectivity index is 1.29. The fourth-order valence-corrected chi connectivity index (χ4v) is 6.07. The summed E-state index contributed by atoms with van der Waals surface area (Å²) < 4.78 is 28.1. The molecule has 1 saturated heterocycles. The van der Waals surface area contributed by atoms with Crippen molar-refractivity contribution >= 4 is 38.5 Å². The summed E-state index contributed by atoms with van der Waals surface area (Å²) >= 11 is 0. The predicted molar refractivity (Wildman–Crippen MR) is 134 cm³/mol. The first-order chi connectivity index (χ1) is 17.3. The van der Waals surface area contributed by atoms with Crippen LogP contribution in [0.2, 0.25) is 0 Å². The number of rotatable bonds is 7. The zero-order valence-corrected chi connectivity index (χ0v) is 20.7. The van der Waals surface area contributed by atoms with Gasteiger partial charge in [-0.15, -0.1) is 0 Å².